The van der Waals surface area contributed by atoms with Crippen molar-refractivity contribution in [3.63, 3.8) is 0 Å². The number of alkyl halides is 2. The molecule has 0 aliphatic carbocycles. The van der Waals surface area contributed by atoms with Crippen molar-refractivity contribution in [2.75, 3.05) is 31.5 Å². The third kappa shape index (κ3) is 19.9. The molecule has 4 atom stereocenters. The highest BCUT2D eigenvalue weighted by molar-refractivity contribution is 6.40. The molecule has 0 spiro atoms. The van der Waals surface area contributed by atoms with Crippen LogP contribution < -0.4 is 5.32 Å². The highest BCUT2D eigenvalue weighted by atomic mass is 35.5. The molecular formula is C35H62Cl2N2O5. The summed E-state index contributed by atoms with van der Waals surface area (Å²) < 4.78 is 0. The lowest BCUT2D eigenvalue weighted by Crippen LogP contribution is -2.32. The Morgan fingerprint density at radius 1 is 0.636 bits per heavy atom. The van der Waals surface area contributed by atoms with Gasteiger partial charge in [-0.2, -0.15) is 0 Å². The van der Waals surface area contributed by atoms with E-state index in [-0.39, 0.29) is 46.5 Å². The zero-order valence-corrected chi connectivity index (χ0v) is 29.9. The molecule has 44 heavy (non-hydrogen) atoms. The molecule has 0 saturated carbocycles. The first-order valence-corrected chi connectivity index (χ1v) is 18.2. The lowest BCUT2D eigenvalue weighted by atomic mass is 9.82. The predicted octanol–water partition coefficient (Wildman–Crippen LogP) is 7.92. The molecule has 256 valence electrons. The fourth-order valence-corrected chi connectivity index (χ4v) is 6.37. The number of ketones is 4. The maximum absolute atomic E-state index is 12.7. The van der Waals surface area contributed by atoms with Crippen molar-refractivity contribution in [1.29, 1.82) is 0 Å². The number of carbonyl (C=O) groups is 5. The van der Waals surface area contributed by atoms with Crippen molar-refractivity contribution < 1.29 is 24.0 Å². The van der Waals surface area contributed by atoms with Gasteiger partial charge in [-0.3, -0.25) is 14.4 Å². The first-order chi connectivity index (χ1) is 21.0. The van der Waals surface area contributed by atoms with Gasteiger partial charge >= 0.3 is 0 Å². The van der Waals surface area contributed by atoms with Gasteiger partial charge in [-0.05, 0) is 91.1 Å². The first-order valence-electron chi connectivity index (χ1n) is 17.2. The molecule has 0 radical (unpaired) electrons. The lowest BCUT2D eigenvalue weighted by molar-refractivity contribution is -0.131. The van der Waals surface area contributed by atoms with Crippen LogP contribution in [0.3, 0.4) is 0 Å². The van der Waals surface area contributed by atoms with Crippen molar-refractivity contribution in [3.05, 3.63) is 0 Å². The average molecular weight is 662 g/mol. The Morgan fingerprint density at radius 2 is 0.977 bits per heavy atom. The summed E-state index contributed by atoms with van der Waals surface area (Å²) in [5.41, 5.74) is 0. The summed E-state index contributed by atoms with van der Waals surface area (Å²) >= 11 is 9.53. The number of amides is 1. The summed E-state index contributed by atoms with van der Waals surface area (Å²) in [6.07, 6.45) is 14.3. The smallest absolute Gasteiger partial charge is 0.219 e. The summed E-state index contributed by atoms with van der Waals surface area (Å²) in [6, 6.07) is 0. The third-order valence-corrected chi connectivity index (χ3v) is 8.88. The molecule has 0 aromatic carbocycles. The van der Waals surface area contributed by atoms with Gasteiger partial charge in [0.1, 0.15) is 23.1 Å². The fourth-order valence-electron chi connectivity index (χ4n) is 6.37. The van der Waals surface area contributed by atoms with Gasteiger partial charge in [0.2, 0.25) is 5.91 Å². The van der Waals surface area contributed by atoms with Crippen LogP contribution in [0.25, 0.3) is 0 Å². The third-order valence-electron chi connectivity index (χ3n) is 8.88. The molecule has 2 heterocycles. The fraction of sp³-hybridized carbons (Fsp3) is 0.857. The minimum atomic E-state index is -0.118. The SMILES string of the molecule is CC[C@H]1CCCCN(C(C)=O)CCCCC(CC(C)=O)C1=O.CC[C@H]1CCCCNCCCCC(CC(C)=O)C1=O.ClCCl. The molecule has 1 amide bonds. The van der Waals surface area contributed by atoms with Crippen LogP contribution in [0, 0.1) is 23.7 Å². The molecular weight excluding hydrogens is 599 g/mol. The summed E-state index contributed by atoms with van der Waals surface area (Å²) in [5.74, 6) is 1.14. The number of nitrogens with zero attached hydrogens (tertiary/aromatic N) is 1. The Bertz CT molecular complexity index is 838. The maximum Gasteiger partial charge on any atom is 0.219 e. The molecule has 2 fully saturated rings. The molecule has 0 aromatic rings. The van der Waals surface area contributed by atoms with Crippen LogP contribution in [0.15, 0.2) is 0 Å². The van der Waals surface area contributed by atoms with E-state index in [0.29, 0.717) is 24.4 Å². The standard InChI is InChI=1S/C18H31NO3.C16H29NO2.CH2Cl2/c1-4-16-9-5-7-11-19(15(3)21)12-8-6-10-17(18(16)22)13-14(2)20;1-3-14-8-4-6-10-17-11-7-5-9-15(16(14)19)12-13(2)18;2-1-3/h16-17H,4-13H2,1-3H3;14-15,17H,3-12H2,1-2H3;1H2/t16-,17?;14-,15?;/m00./s1. The lowest BCUT2D eigenvalue weighted by Gasteiger charge is -2.25. The maximum atomic E-state index is 12.7. The second-order valence-corrected chi connectivity index (χ2v) is 13.4. The van der Waals surface area contributed by atoms with E-state index in [9.17, 15) is 24.0 Å². The van der Waals surface area contributed by atoms with Crippen LogP contribution in [0.4, 0.5) is 0 Å². The van der Waals surface area contributed by atoms with Gasteiger partial charge in [0.25, 0.3) is 0 Å². The van der Waals surface area contributed by atoms with Crippen molar-refractivity contribution in [3.8, 4) is 0 Å². The molecule has 7 nitrogen and oxygen atoms in total. The van der Waals surface area contributed by atoms with Gasteiger partial charge in [-0.15, -0.1) is 23.2 Å². The second kappa shape index (κ2) is 26.9. The number of halogens is 2. The Morgan fingerprint density at radius 3 is 1.30 bits per heavy atom. The van der Waals surface area contributed by atoms with Crippen molar-refractivity contribution in [2.24, 2.45) is 23.7 Å². The van der Waals surface area contributed by atoms with Crippen LogP contribution >= 0.6 is 23.2 Å². The molecule has 2 unspecified atom stereocenters. The van der Waals surface area contributed by atoms with E-state index in [1.54, 1.807) is 20.8 Å². The normalized spacial score (nSPS) is 24.8. The molecule has 9 heteroatoms. The first kappa shape index (κ1) is 42.7. The number of carbonyl (C=O) groups excluding carboxylic acids is 5. The Balaban J connectivity index is 0.000000778. The summed E-state index contributed by atoms with van der Waals surface area (Å²) in [4.78, 5) is 61.6. The summed E-state index contributed by atoms with van der Waals surface area (Å²) in [5, 5.41) is 3.65. The molecule has 0 aromatic heterocycles. The topological polar surface area (TPSA) is 101 Å². The van der Waals surface area contributed by atoms with Gasteiger partial charge in [-0.1, -0.05) is 39.5 Å². The molecule has 0 bridgehead atoms. The van der Waals surface area contributed by atoms with Gasteiger partial charge < -0.3 is 19.8 Å². The Kier molecular flexibility index (Phi) is 26.1. The monoisotopic (exact) mass is 660 g/mol. The van der Waals surface area contributed by atoms with E-state index in [1.807, 2.05) is 4.90 Å². The number of nitrogens with one attached hydrogen (secondary N) is 1. The summed E-state index contributed by atoms with van der Waals surface area (Å²) in [7, 11) is 0. The van der Waals surface area contributed by atoms with Crippen molar-refractivity contribution in [2.45, 2.75) is 137 Å². The molecule has 2 aliphatic heterocycles. The van der Waals surface area contributed by atoms with Gasteiger partial charge in [0, 0.05) is 56.5 Å². The van der Waals surface area contributed by atoms with E-state index in [2.05, 4.69) is 19.2 Å². The minimum Gasteiger partial charge on any atom is -0.343 e. The van der Waals surface area contributed by atoms with Crippen LogP contribution in [0.2, 0.25) is 0 Å². The predicted molar refractivity (Wildman–Crippen MR) is 182 cm³/mol. The average Bonchev–Trinajstić information content (AvgIpc) is 2.96. The summed E-state index contributed by atoms with van der Waals surface area (Å²) in [6.45, 7) is 12.6. The second-order valence-electron chi connectivity index (χ2n) is 12.6. The molecule has 2 rings (SSSR count). The van der Waals surface area contributed by atoms with Crippen LogP contribution in [-0.2, 0) is 24.0 Å². The van der Waals surface area contributed by atoms with Crippen molar-refractivity contribution >= 4 is 52.2 Å². The molecule has 2 saturated heterocycles. The largest absolute Gasteiger partial charge is 0.343 e. The minimum absolute atomic E-state index is 0.0260. The van der Waals surface area contributed by atoms with Crippen LogP contribution in [0.1, 0.15) is 137 Å². The van der Waals surface area contributed by atoms with E-state index in [4.69, 9.17) is 23.2 Å². The highest BCUT2D eigenvalue weighted by Gasteiger charge is 2.28. The zero-order valence-electron chi connectivity index (χ0n) is 28.4. The van der Waals surface area contributed by atoms with Gasteiger partial charge in [-0.25, -0.2) is 0 Å². The van der Waals surface area contributed by atoms with E-state index in [1.165, 1.54) is 0 Å². The quantitative estimate of drug-likeness (QED) is 0.290. The zero-order chi connectivity index (χ0) is 33.3. The van der Waals surface area contributed by atoms with Crippen molar-refractivity contribution in [1.82, 2.24) is 10.2 Å². The van der Waals surface area contributed by atoms with Gasteiger partial charge in [0.15, 0.2) is 0 Å². The highest BCUT2D eigenvalue weighted by Crippen LogP contribution is 2.26. The number of rotatable bonds is 6. The van der Waals surface area contributed by atoms with Gasteiger partial charge in [0.05, 0.1) is 5.34 Å². The van der Waals surface area contributed by atoms with E-state index < -0.39 is 0 Å². The number of hydrogen-bond acceptors (Lipinski definition) is 6. The molecule has 1 N–H and O–H groups in total. The van der Waals surface area contributed by atoms with Crippen LogP contribution in [-0.4, -0.2) is 65.5 Å². The Hall–Kier alpha value is -1.31. The molecule has 2 aliphatic rings. The number of Topliss-reactive ketones (excluding diaryl/α,β-unsaturated/α-hetero) is 4. The van der Waals surface area contributed by atoms with Crippen LogP contribution in [0.5, 0.6) is 0 Å². The Labute approximate surface area is 278 Å². The van der Waals surface area contributed by atoms with E-state index >= 15 is 0 Å². The number of hydrogen-bond donors (Lipinski definition) is 1. The van der Waals surface area contributed by atoms with E-state index in [0.717, 1.165) is 116 Å².